The van der Waals surface area contributed by atoms with E-state index < -0.39 is 0 Å². The molecule has 0 bridgehead atoms. The maximum atomic E-state index is 11.2. The number of nitrogens with zero attached hydrogens (tertiary/aromatic N) is 4. The first-order valence-electron chi connectivity index (χ1n) is 6.73. The summed E-state index contributed by atoms with van der Waals surface area (Å²) >= 11 is 0. The molecule has 0 aliphatic heterocycles. The van der Waals surface area contributed by atoms with Crippen LogP contribution >= 0.6 is 0 Å². The number of aldehydes is 1. The SMILES string of the molecule is Cc1cccc(Cn2cc(C=O)c(-c3cnn(C)c3)n2)c1. The van der Waals surface area contributed by atoms with Gasteiger partial charge in [-0.3, -0.25) is 14.2 Å². The molecule has 106 valence electrons. The minimum absolute atomic E-state index is 0.579. The number of hydrogen-bond acceptors (Lipinski definition) is 3. The average molecular weight is 280 g/mol. The average Bonchev–Trinajstić information content (AvgIpc) is 3.05. The lowest BCUT2D eigenvalue weighted by Crippen LogP contribution is -2.00. The van der Waals surface area contributed by atoms with Gasteiger partial charge in [-0.15, -0.1) is 0 Å². The monoisotopic (exact) mass is 280 g/mol. The highest BCUT2D eigenvalue weighted by Gasteiger charge is 2.12. The van der Waals surface area contributed by atoms with Crippen LogP contribution in [0.15, 0.2) is 42.9 Å². The molecule has 0 atom stereocenters. The van der Waals surface area contributed by atoms with Crippen molar-refractivity contribution < 1.29 is 4.79 Å². The van der Waals surface area contributed by atoms with E-state index in [0.717, 1.165) is 17.4 Å². The standard InChI is InChI=1S/C16H16N4O/c1-12-4-3-5-13(6-12)8-20-10-15(11-21)16(18-20)14-7-17-19(2)9-14/h3-7,9-11H,8H2,1-2H3. The van der Waals surface area contributed by atoms with Crippen LogP contribution in [0.2, 0.25) is 0 Å². The summed E-state index contributed by atoms with van der Waals surface area (Å²) in [5.74, 6) is 0. The predicted octanol–water partition coefficient (Wildman–Crippen LogP) is 2.45. The van der Waals surface area contributed by atoms with Gasteiger partial charge in [-0.25, -0.2) is 0 Å². The van der Waals surface area contributed by atoms with Crippen molar-refractivity contribution in [1.82, 2.24) is 19.6 Å². The minimum Gasteiger partial charge on any atom is -0.298 e. The Morgan fingerprint density at radius 1 is 1.29 bits per heavy atom. The van der Waals surface area contributed by atoms with Crippen LogP contribution in [-0.2, 0) is 13.6 Å². The Hall–Kier alpha value is -2.69. The van der Waals surface area contributed by atoms with Crippen LogP contribution in [0.25, 0.3) is 11.3 Å². The van der Waals surface area contributed by atoms with Gasteiger partial charge in [0.2, 0.25) is 0 Å². The first-order valence-corrected chi connectivity index (χ1v) is 6.73. The zero-order valence-electron chi connectivity index (χ0n) is 12.0. The second kappa shape index (κ2) is 5.36. The van der Waals surface area contributed by atoms with E-state index in [1.54, 1.807) is 21.8 Å². The molecule has 21 heavy (non-hydrogen) atoms. The van der Waals surface area contributed by atoms with Crippen molar-refractivity contribution in [1.29, 1.82) is 0 Å². The molecule has 0 radical (unpaired) electrons. The molecule has 0 aliphatic rings. The molecular weight excluding hydrogens is 264 g/mol. The topological polar surface area (TPSA) is 52.7 Å². The predicted molar refractivity (Wildman–Crippen MR) is 80.1 cm³/mol. The second-order valence-electron chi connectivity index (χ2n) is 5.14. The van der Waals surface area contributed by atoms with Gasteiger partial charge in [0.05, 0.1) is 18.3 Å². The summed E-state index contributed by atoms with van der Waals surface area (Å²) in [4.78, 5) is 11.2. The summed E-state index contributed by atoms with van der Waals surface area (Å²) in [6.07, 6.45) is 6.18. The molecule has 0 N–H and O–H groups in total. The van der Waals surface area contributed by atoms with Crippen LogP contribution < -0.4 is 0 Å². The first-order chi connectivity index (χ1) is 10.2. The lowest BCUT2D eigenvalue weighted by Gasteiger charge is -2.02. The molecule has 3 aromatic rings. The van der Waals surface area contributed by atoms with Crippen molar-refractivity contribution >= 4 is 6.29 Å². The molecule has 0 saturated carbocycles. The maximum Gasteiger partial charge on any atom is 0.153 e. The zero-order chi connectivity index (χ0) is 14.8. The Morgan fingerprint density at radius 2 is 2.14 bits per heavy atom. The van der Waals surface area contributed by atoms with Gasteiger partial charge < -0.3 is 0 Å². The van der Waals surface area contributed by atoms with Crippen molar-refractivity contribution in [2.45, 2.75) is 13.5 Å². The molecule has 3 rings (SSSR count). The smallest absolute Gasteiger partial charge is 0.153 e. The van der Waals surface area contributed by atoms with E-state index >= 15 is 0 Å². The first kappa shape index (κ1) is 13.3. The quantitative estimate of drug-likeness (QED) is 0.690. The van der Waals surface area contributed by atoms with Crippen molar-refractivity contribution in [3.63, 3.8) is 0 Å². The van der Waals surface area contributed by atoms with E-state index in [2.05, 4.69) is 35.3 Å². The van der Waals surface area contributed by atoms with Gasteiger partial charge in [0.25, 0.3) is 0 Å². The molecule has 2 aromatic heterocycles. The maximum absolute atomic E-state index is 11.2. The number of benzene rings is 1. The molecule has 0 saturated heterocycles. The molecule has 1 aromatic carbocycles. The third-order valence-corrected chi connectivity index (χ3v) is 3.32. The van der Waals surface area contributed by atoms with E-state index in [0.29, 0.717) is 17.8 Å². The third-order valence-electron chi connectivity index (χ3n) is 3.32. The summed E-state index contributed by atoms with van der Waals surface area (Å²) in [5.41, 5.74) is 4.47. The highest BCUT2D eigenvalue weighted by Crippen LogP contribution is 2.20. The highest BCUT2D eigenvalue weighted by atomic mass is 16.1. The molecule has 5 heteroatoms. The fourth-order valence-electron chi connectivity index (χ4n) is 2.37. The molecule has 2 heterocycles. The summed E-state index contributed by atoms with van der Waals surface area (Å²) in [6, 6.07) is 8.26. The largest absolute Gasteiger partial charge is 0.298 e. The van der Waals surface area contributed by atoms with Crippen LogP contribution in [0.5, 0.6) is 0 Å². The Morgan fingerprint density at radius 3 is 2.81 bits per heavy atom. The second-order valence-corrected chi connectivity index (χ2v) is 5.14. The molecule has 0 fully saturated rings. The van der Waals surface area contributed by atoms with Crippen molar-refractivity contribution in [2.75, 3.05) is 0 Å². The fraction of sp³-hybridized carbons (Fsp3) is 0.188. The molecule has 0 amide bonds. The number of rotatable bonds is 4. The van der Waals surface area contributed by atoms with Crippen molar-refractivity contribution in [2.24, 2.45) is 7.05 Å². The zero-order valence-corrected chi connectivity index (χ0v) is 12.0. The molecular formula is C16H16N4O. The summed E-state index contributed by atoms with van der Waals surface area (Å²) in [5, 5.41) is 8.65. The van der Waals surface area contributed by atoms with Crippen LogP contribution in [0.4, 0.5) is 0 Å². The van der Waals surface area contributed by atoms with Gasteiger partial charge >= 0.3 is 0 Å². The number of hydrogen-bond donors (Lipinski definition) is 0. The molecule has 5 nitrogen and oxygen atoms in total. The summed E-state index contributed by atoms with van der Waals surface area (Å²) in [7, 11) is 1.84. The van der Waals surface area contributed by atoms with Gasteiger partial charge in [0.1, 0.15) is 5.69 Å². The Kier molecular flexibility index (Phi) is 3.39. The van der Waals surface area contributed by atoms with E-state index in [4.69, 9.17) is 0 Å². The Bertz CT molecular complexity index is 785. The Balaban J connectivity index is 1.94. The van der Waals surface area contributed by atoms with Crippen LogP contribution in [-0.4, -0.2) is 25.8 Å². The van der Waals surface area contributed by atoms with E-state index in [-0.39, 0.29) is 0 Å². The molecule has 0 aliphatic carbocycles. The van der Waals surface area contributed by atoms with Gasteiger partial charge in [-0.1, -0.05) is 29.8 Å². The molecule has 0 unspecified atom stereocenters. The van der Waals surface area contributed by atoms with E-state index in [1.165, 1.54) is 5.56 Å². The lowest BCUT2D eigenvalue weighted by atomic mass is 10.1. The lowest BCUT2D eigenvalue weighted by molar-refractivity contribution is 0.112. The van der Waals surface area contributed by atoms with E-state index in [9.17, 15) is 4.79 Å². The number of aryl methyl sites for hydroxylation is 2. The van der Waals surface area contributed by atoms with Crippen molar-refractivity contribution in [3.8, 4) is 11.3 Å². The van der Waals surface area contributed by atoms with E-state index in [1.807, 2.05) is 19.3 Å². The number of aromatic nitrogens is 4. The van der Waals surface area contributed by atoms with Crippen LogP contribution in [0, 0.1) is 6.92 Å². The van der Waals surface area contributed by atoms with Crippen LogP contribution in [0.3, 0.4) is 0 Å². The van der Waals surface area contributed by atoms with Crippen LogP contribution in [0.1, 0.15) is 21.5 Å². The summed E-state index contributed by atoms with van der Waals surface area (Å²) in [6.45, 7) is 2.70. The van der Waals surface area contributed by atoms with Gasteiger partial charge in [0, 0.05) is 25.0 Å². The number of carbonyl (C=O) groups is 1. The minimum atomic E-state index is 0.579. The third kappa shape index (κ3) is 2.76. The Labute approximate surface area is 122 Å². The van der Waals surface area contributed by atoms with Gasteiger partial charge in [-0.05, 0) is 12.5 Å². The normalized spacial score (nSPS) is 10.8. The molecule has 0 spiro atoms. The van der Waals surface area contributed by atoms with Crippen molar-refractivity contribution in [3.05, 3.63) is 59.5 Å². The van der Waals surface area contributed by atoms with Gasteiger partial charge in [-0.2, -0.15) is 10.2 Å². The number of carbonyl (C=O) groups excluding carboxylic acids is 1. The highest BCUT2D eigenvalue weighted by molar-refractivity contribution is 5.85. The van der Waals surface area contributed by atoms with Gasteiger partial charge in [0.15, 0.2) is 6.29 Å². The summed E-state index contributed by atoms with van der Waals surface area (Å²) < 4.78 is 3.49. The fourth-order valence-corrected chi connectivity index (χ4v) is 2.37.